The summed E-state index contributed by atoms with van der Waals surface area (Å²) in [4.78, 5) is 0. The van der Waals surface area contributed by atoms with Crippen LogP contribution in [0.1, 0.15) is 58.9 Å². The molecular formula is C23H30O4. The Bertz CT molecular complexity index is 877. The van der Waals surface area contributed by atoms with Gasteiger partial charge in [-0.1, -0.05) is 34.9 Å². The third-order valence-electron chi connectivity index (χ3n) is 4.68. The van der Waals surface area contributed by atoms with Crippen molar-refractivity contribution < 1.29 is 19.7 Å². The Morgan fingerprint density at radius 1 is 0.889 bits per heavy atom. The zero-order valence-corrected chi connectivity index (χ0v) is 16.7. The van der Waals surface area contributed by atoms with E-state index in [1.54, 1.807) is 0 Å². The van der Waals surface area contributed by atoms with Gasteiger partial charge in [-0.2, -0.15) is 0 Å². The van der Waals surface area contributed by atoms with Gasteiger partial charge in [0, 0.05) is 11.6 Å². The summed E-state index contributed by atoms with van der Waals surface area (Å²) in [6.45, 7) is 8.46. The topological polar surface area (TPSA) is 73.8 Å². The van der Waals surface area contributed by atoms with Crippen LogP contribution in [-0.4, -0.2) is 15.3 Å². The van der Waals surface area contributed by atoms with Crippen molar-refractivity contribution in [3.8, 4) is 17.2 Å². The number of allylic oxidation sites excluding steroid dienone is 6. The first-order valence-electron chi connectivity index (χ1n) is 9.38. The van der Waals surface area contributed by atoms with E-state index in [1.807, 2.05) is 13.0 Å². The Balaban J connectivity index is 1.97. The minimum atomic E-state index is -0.129. The zero-order chi connectivity index (χ0) is 20.0. The van der Waals surface area contributed by atoms with Crippen LogP contribution in [0.25, 0.3) is 11.0 Å². The fraction of sp³-hybridized carbons (Fsp3) is 0.391. The normalized spacial score (nSPS) is 12.6. The predicted octanol–water partition coefficient (Wildman–Crippen LogP) is 6.51. The highest BCUT2D eigenvalue weighted by molar-refractivity contribution is 5.92. The molecule has 1 aromatic heterocycles. The van der Waals surface area contributed by atoms with Gasteiger partial charge in [0.2, 0.25) is 0 Å². The summed E-state index contributed by atoms with van der Waals surface area (Å²) in [5.74, 6) is -0.290. The molecule has 2 aromatic rings. The van der Waals surface area contributed by atoms with E-state index < -0.39 is 0 Å². The van der Waals surface area contributed by atoms with E-state index in [0.717, 1.165) is 31.9 Å². The molecule has 0 aliphatic carbocycles. The molecule has 1 aromatic carbocycles. The smallest absolute Gasteiger partial charge is 0.165 e. The van der Waals surface area contributed by atoms with Crippen LogP contribution in [0.3, 0.4) is 0 Å². The summed E-state index contributed by atoms with van der Waals surface area (Å²) in [5.41, 5.74) is 4.61. The first-order valence-corrected chi connectivity index (χ1v) is 9.38. The molecule has 0 saturated carbocycles. The van der Waals surface area contributed by atoms with Crippen LogP contribution in [0.2, 0.25) is 0 Å². The Morgan fingerprint density at radius 3 is 2.19 bits per heavy atom. The lowest BCUT2D eigenvalue weighted by molar-refractivity contribution is 0.441. The number of rotatable bonds is 8. The van der Waals surface area contributed by atoms with E-state index >= 15 is 0 Å². The lowest BCUT2D eigenvalue weighted by Gasteiger charge is -2.07. The molecule has 0 saturated heterocycles. The first kappa shape index (κ1) is 20.7. The van der Waals surface area contributed by atoms with Gasteiger partial charge >= 0.3 is 0 Å². The maximum atomic E-state index is 10.4. The van der Waals surface area contributed by atoms with E-state index in [0.29, 0.717) is 12.0 Å². The summed E-state index contributed by atoms with van der Waals surface area (Å²) in [6.07, 6.45) is 12.2. The molecule has 0 atom stereocenters. The Morgan fingerprint density at radius 2 is 1.52 bits per heavy atom. The van der Waals surface area contributed by atoms with Crippen molar-refractivity contribution >= 4 is 11.0 Å². The molecule has 27 heavy (non-hydrogen) atoms. The van der Waals surface area contributed by atoms with Crippen LogP contribution < -0.4 is 0 Å². The highest BCUT2D eigenvalue weighted by atomic mass is 16.4. The maximum absolute atomic E-state index is 10.4. The third kappa shape index (κ3) is 5.68. The Hall–Kier alpha value is -2.62. The predicted molar refractivity (Wildman–Crippen MR) is 110 cm³/mol. The molecule has 146 valence electrons. The third-order valence-corrected chi connectivity index (χ3v) is 4.68. The highest BCUT2D eigenvalue weighted by Crippen LogP contribution is 2.41. The molecule has 0 aliphatic rings. The van der Waals surface area contributed by atoms with E-state index in [2.05, 4.69) is 32.9 Å². The summed E-state index contributed by atoms with van der Waals surface area (Å²) in [5, 5.41) is 30.5. The molecule has 3 N–H and O–H groups in total. The number of phenolic OH excluding ortho intramolecular Hbond substituents is 2. The molecular weight excluding hydrogens is 340 g/mol. The molecule has 2 rings (SSSR count). The number of phenols is 2. The Kier molecular flexibility index (Phi) is 7.17. The van der Waals surface area contributed by atoms with E-state index in [9.17, 15) is 15.3 Å². The molecule has 0 fully saturated rings. The average molecular weight is 370 g/mol. The van der Waals surface area contributed by atoms with Gasteiger partial charge < -0.3 is 19.7 Å². The summed E-state index contributed by atoms with van der Waals surface area (Å²) < 4.78 is 5.11. The highest BCUT2D eigenvalue weighted by Gasteiger charge is 2.17. The van der Waals surface area contributed by atoms with Crippen LogP contribution in [0.5, 0.6) is 17.2 Å². The van der Waals surface area contributed by atoms with Crippen molar-refractivity contribution in [1.29, 1.82) is 0 Å². The quantitative estimate of drug-likeness (QED) is 0.463. The van der Waals surface area contributed by atoms with E-state index in [1.165, 1.54) is 22.8 Å². The number of benzene rings is 1. The molecule has 4 heteroatoms. The van der Waals surface area contributed by atoms with E-state index in [-0.39, 0.29) is 28.2 Å². The molecule has 0 bridgehead atoms. The number of hydrogen-bond donors (Lipinski definition) is 3. The molecule has 0 radical (unpaired) electrons. The molecule has 0 unspecified atom stereocenters. The van der Waals surface area contributed by atoms with E-state index in [4.69, 9.17) is 4.42 Å². The zero-order valence-electron chi connectivity index (χ0n) is 16.7. The standard InChI is InChI=1S/C23H30O4/c1-15(2)7-5-8-16(3)9-6-10-17(4)11-12-18-19(24)13-21-22(23(18)26)20(25)14-27-21/h7,9,11,13-14,24-26H,5-6,8,10,12H2,1-4H3. The fourth-order valence-electron chi connectivity index (χ4n) is 3.01. The maximum Gasteiger partial charge on any atom is 0.165 e. The molecule has 0 spiro atoms. The Labute approximate surface area is 161 Å². The van der Waals surface area contributed by atoms with Gasteiger partial charge in [0.05, 0.1) is 0 Å². The van der Waals surface area contributed by atoms with Crippen LogP contribution in [0.15, 0.2) is 51.7 Å². The first-order chi connectivity index (χ1) is 12.8. The SMILES string of the molecule is CC(C)=CCCC(C)=CCCC(C)=CCc1c(O)cc2occ(O)c2c1O. The van der Waals surface area contributed by atoms with Gasteiger partial charge in [0.15, 0.2) is 5.75 Å². The fourth-order valence-corrected chi connectivity index (χ4v) is 3.01. The van der Waals surface area contributed by atoms with Crippen molar-refractivity contribution in [3.63, 3.8) is 0 Å². The van der Waals surface area contributed by atoms with Crippen molar-refractivity contribution in [1.82, 2.24) is 0 Å². The van der Waals surface area contributed by atoms with Crippen molar-refractivity contribution in [2.24, 2.45) is 0 Å². The second-order valence-electron chi connectivity index (χ2n) is 7.38. The van der Waals surface area contributed by atoms with Crippen LogP contribution in [0.4, 0.5) is 0 Å². The summed E-state index contributed by atoms with van der Waals surface area (Å²) in [7, 11) is 0. The molecule has 1 heterocycles. The number of furan rings is 1. The minimum absolute atomic E-state index is 0.0339. The largest absolute Gasteiger partial charge is 0.507 e. The second-order valence-corrected chi connectivity index (χ2v) is 7.38. The average Bonchev–Trinajstić information content (AvgIpc) is 2.95. The van der Waals surface area contributed by atoms with Gasteiger partial charge in [0.25, 0.3) is 0 Å². The van der Waals surface area contributed by atoms with Gasteiger partial charge in [-0.3, -0.25) is 0 Å². The van der Waals surface area contributed by atoms with Gasteiger partial charge in [-0.05, 0) is 59.8 Å². The van der Waals surface area contributed by atoms with Gasteiger partial charge in [0.1, 0.15) is 28.7 Å². The number of fused-ring (bicyclic) bond motifs is 1. The van der Waals surface area contributed by atoms with Gasteiger partial charge in [-0.15, -0.1) is 0 Å². The monoisotopic (exact) mass is 370 g/mol. The number of aromatic hydroxyl groups is 3. The van der Waals surface area contributed by atoms with Gasteiger partial charge in [-0.25, -0.2) is 0 Å². The molecule has 0 amide bonds. The lowest BCUT2D eigenvalue weighted by Crippen LogP contribution is -1.87. The van der Waals surface area contributed by atoms with Crippen molar-refractivity contribution in [2.45, 2.75) is 59.8 Å². The summed E-state index contributed by atoms with van der Waals surface area (Å²) in [6, 6.07) is 1.42. The minimum Gasteiger partial charge on any atom is -0.507 e. The summed E-state index contributed by atoms with van der Waals surface area (Å²) >= 11 is 0. The van der Waals surface area contributed by atoms with Crippen LogP contribution >= 0.6 is 0 Å². The van der Waals surface area contributed by atoms with Crippen molar-refractivity contribution in [3.05, 3.63) is 52.8 Å². The molecule has 4 nitrogen and oxygen atoms in total. The van der Waals surface area contributed by atoms with Crippen molar-refractivity contribution in [2.75, 3.05) is 0 Å². The number of hydrogen-bond acceptors (Lipinski definition) is 4. The lowest BCUT2D eigenvalue weighted by atomic mass is 10.0. The molecule has 0 aliphatic heterocycles. The second kappa shape index (κ2) is 9.36. The van der Waals surface area contributed by atoms with Crippen LogP contribution in [-0.2, 0) is 6.42 Å². The van der Waals surface area contributed by atoms with Crippen LogP contribution in [0, 0.1) is 0 Å².